The molecule has 84 valence electrons. The van der Waals surface area contributed by atoms with E-state index in [1.165, 1.54) is 19.2 Å². The van der Waals surface area contributed by atoms with Crippen molar-refractivity contribution >= 4 is 0 Å². The van der Waals surface area contributed by atoms with Gasteiger partial charge in [0, 0.05) is 0 Å². The Kier molecular flexibility index (Phi) is 3.24. The molecular weight excluding hydrogens is 207 g/mol. The van der Waals surface area contributed by atoms with Crippen LogP contribution in [0.15, 0.2) is 18.2 Å². The minimum absolute atomic E-state index is 0.00458. The Balaban J connectivity index is 3.06. The van der Waals surface area contributed by atoms with Crippen molar-refractivity contribution in [2.75, 3.05) is 7.11 Å². The van der Waals surface area contributed by atoms with Crippen molar-refractivity contribution in [1.29, 1.82) is 0 Å². The normalized spacial score (nSPS) is 13.7. The molecule has 0 saturated carbocycles. The van der Waals surface area contributed by atoms with E-state index in [0.717, 1.165) is 5.56 Å². The second-order valence-corrected chi connectivity index (χ2v) is 3.25. The quantitative estimate of drug-likeness (QED) is 0.829. The molecule has 0 heterocycles. The Bertz CT molecular complexity index is 349. The fraction of sp³-hybridized carbons (Fsp3) is 0.400. The lowest BCUT2D eigenvalue weighted by Gasteiger charge is -2.17. The molecule has 2 N–H and O–H groups in total. The number of methoxy groups -OCH3 is 1. The molecule has 2 nitrogen and oxygen atoms in total. The Morgan fingerprint density at radius 1 is 1.33 bits per heavy atom. The van der Waals surface area contributed by atoms with E-state index in [1.807, 2.05) is 0 Å². The van der Waals surface area contributed by atoms with E-state index in [0.29, 0.717) is 5.75 Å². The zero-order valence-corrected chi connectivity index (χ0v) is 8.43. The van der Waals surface area contributed by atoms with E-state index in [-0.39, 0.29) is 5.56 Å². The summed E-state index contributed by atoms with van der Waals surface area (Å²) in [5.74, 6) is 0.409. The van der Waals surface area contributed by atoms with Gasteiger partial charge in [0.25, 0.3) is 0 Å². The molecule has 0 aliphatic heterocycles. The summed E-state index contributed by atoms with van der Waals surface area (Å²) in [5.41, 5.74) is 5.84. The van der Waals surface area contributed by atoms with Crippen LogP contribution in [0.4, 0.5) is 13.2 Å². The van der Waals surface area contributed by atoms with Gasteiger partial charge in [0.2, 0.25) is 0 Å². The van der Waals surface area contributed by atoms with Gasteiger partial charge >= 0.3 is 6.18 Å². The lowest BCUT2D eigenvalue weighted by atomic mass is 10.0. The predicted molar refractivity (Wildman–Crippen MR) is 50.7 cm³/mol. The van der Waals surface area contributed by atoms with Crippen molar-refractivity contribution in [2.45, 2.75) is 19.1 Å². The molecule has 0 aromatic heterocycles. The van der Waals surface area contributed by atoms with Crippen LogP contribution in [0.2, 0.25) is 0 Å². The van der Waals surface area contributed by atoms with Gasteiger partial charge in [-0.15, -0.1) is 0 Å². The lowest BCUT2D eigenvalue weighted by Crippen LogP contribution is -2.28. The first kappa shape index (κ1) is 11.8. The lowest BCUT2D eigenvalue weighted by molar-refractivity contribution is -0.149. The number of ether oxygens (including phenoxy) is 1. The van der Waals surface area contributed by atoms with Gasteiger partial charge in [-0.2, -0.15) is 13.2 Å². The maximum Gasteiger partial charge on any atom is 0.407 e. The molecule has 5 heteroatoms. The summed E-state index contributed by atoms with van der Waals surface area (Å²) < 4.78 is 41.8. The summed E-state index contributed by atoms with van der Waals surface area (Å²) in [6, 6.07) is 2.26. The standard InChI is InChI=1S/C10H12F3NO/c1-6-3-4-7(5-8(6)15-2)9(14)10(11,12)13/h3-5,9H,14H2,1-2H3. The molecule has 1 atom stereocenters. The van der Waals surface area contributed by atoms with Gasteiger partial charge in [-0.1, -0.05) is 12.1 Å². The molecule has 0 bridgehead atoms. The first-order valence-electron chi connectivity index (χ1n) is 4.33. The highest BCUT2D eigenvalue weighted by molar-refractivity contribution is 5.38. The minimum atomic E-state index is -4.43. The maximum atomic E-state index is 12.3. The second-order valence-electron chi connectivity index (χ2n) is 3.25. The molecule has 0 aliphatic rings. The van der Waals surface area contributed by atoms with Gasteiger partial charge in [-0.05, 0) is 24.1 Å². The minimum Gasteiger partial charge on any atom is -0.496 e. The third-order valence-corrected chi connectivity index (χ3v) is 2.14. The number of nitrogens with two attached hydrogens (primary N) is 1. The molecular formula is C10H12F3NO. The molecule has 0 spiro atoms. The van der Waals surface area contributed by atoms with Gasteiger partial charge in [0.15, 0.2) is 0 Å². The van der Waals surface area contributed by atoms with Crippen molar-refractivity contribution in [2.24, 2.45) is 5.73 Å². The van der Waals surface area contributed by atoms with Crippen molar-refractivity contribution < 1.29 is 17.9 Å². The Morgan fingerprint density at radius 3 is 2.40 bits per heavy atom. The highest BCUT2D eigenvalue weighted by Crippen LogP contribution is 2.32. The van der Waals surface area contributed by atoms with Crippen LogP contribution in [-0.4, -0.2) is 13.3 Å². The molecule has 1 aromatic carbocycles. The Morgan fingerprint density at radius 2 is 1.93 bits per heavy atom. The molecule has 15 heavy (non-hydrogen) atoms. The molecule has 0 saturated heterocycles. The molecule has 0 radical (unpaired) electrons. The smallest absolute Gasteiger partial charge is 0.407 e. The predicted octanol–water partition coefficient (Wildman–Crippen LogP) is 2.57. The first-order chi connectivity index (χ1) is 6.86. The molecule has 0 amide bonds. The van der Waals surface area contributed by atoms with E-state index in [1.54, 1.807) is 13.0 Å². The second kappa shape index (κ2) is 4.10. The summed E-state index contributed by atoms with van der Waals surface area (Å²) in [4.78, 5) is 0. The summed E-state index contributed by atoms with van der Waals surface area (Å²) in [6.07, 6.45) is -4.43. The summed E-state index contributed by atoms with van der Waals surface area (Å²) in [6.45, 7) is 1.75. The van der Waals surface area contributed by atoms with E-state index < -0.39 is 12.2 Å². The number of aryl methyl sites for hydroxylation is 1. The Hall–Kier alpha value is -1.23. The monoisotopic (exact) mass is 219 g/mol. The molecule has 0 fully saturated rings. The largest absolute Gasteiger partial charge is 0.496 e. The van der Waals surface area contributed by atoms with Crippen LogP contribution in [-0.2, 0) is 0 Å². The summed E-state index contributed by atoms with van der Waals surface area (Å²) >= 11 is 0. The van der Waals surface area contributed by atoms with E-state index >= 15 is 0 Å². The van der Waals surface area contributed by atoms with Crippen LogP contribution in [0.1, 0.15) is 17.2 Å². The van der Waals surface area contributed by atoms with E-state index in [9.17, 15) is 13.2 Å². The third kappa shape index (κ3) is 2.62. The fourth-order valence-corrected chi connectivity index (χ4v) is 1.22. The highest BCUT2D eigenvalue weighted by atomic mass is 19.4. The van der Waals surface area contributed by atoms with Crippen molar-refractivity contribution in [3.05, 3.63) is 29.3 Å². The van der Waals surface area contributed by atoms with E-state index in [4.69, 9.17) is 10.5 Å². The average molecular weight is 219 g/mol. The van der Waals surface area contributed by atoms with Crippen LogP contribution in [0.5, 0.6) is 5.75 Å². The van der Waals surface area contributed by atoms with Crippen LogP contribution >= 0.6 is 0 Å². The van der Waals surface area contributed by atoms with Gasteiger partial charge in [0.05, 0.1) is 7.11 Å². The number of halogens is 3. The van der Waals surface area contributed by atoms with Crippen LogP contribution < -0.4 is 10.5 Å². The van der Waals surface area contributed by atoms with Crippen LogP contribution in [0, 0.1) is 6.92 Å². The number of benzene rings is 1. The SMILES string of the molecule is COc1cc(C(N)C(F)(F)F)ccc1C. The van der Waals surface area contributed by atoms with Crippen molar-refractivity contribution in [3.8, 4) is 5.75 Å². The average Bonchev–Trinajstić information content (AvgIpc) is 2.16. The van der Waals surface area contributed by atoms with Gasteiger partial charge in [0.1, 0.15) is 11.8 Å². The first-order valence-corrected chi connectivity index (χ1v) is 4.33. The zero-order chi connectivity index (χ0) is 11.6. The summed E-state index contributed by atoms with van der Waals surface area (Å²) in [7, 11) is 1.41. The van der Waals surface area contributed by atoms with Gasteiger partial charge in [-0.25, -0.2) is 0 Å². The highest BCUT2D eigenvalue weighted by Gasteiger charge is 2.37. The van der Waals surface area contributed by atoms with Crippen molar-refractivity contribution in [3.63, 3.8) is 0 Å². The van der Waals surface area contributed by atoms with Crippen molar-refractivity contribution in [1.82, 2.24) is 0 Å². The maximum absolute atomic E-state index is 12.3. The van der Waals surface area contributed by atoms with Gasteiger partial charge < -0.3 is 10.5 Å². The molecule has 1 rings (SSSR count). The zero-order valence-electron chi connectivity index (χ0n) is 8.43. The third-order valence-electron chi connectivity index (χ3n) is 2.14. The number of hydrogen-bond acceptors (Lipinski definition) is 2. The molecule has 1 unspecified atom stereocenters. The molecule has 1 aromatic rings. The van der Waals surface area contributed by atoms with Crippen LogP contribution in [0.3, 0.4) is 0 Å². The van der Waals surface area contributed by atoms with E-state index in [2.05, 4.69) is 0 Å². The number of alkyl halides is 3. The summed E-state index contributed by atoms with van der Waals surface area (Å²) in [5, 5.41) is 0. The molecule has 0 aliphatic carbocycles. The topological polar surface area (TPSA) is 35.2 Å². The Labute approximate surface area is 85.8 Å². The van der Waals surface area contributed by atoms with Crippen LogP contribution in [0.25, 0.3) is 0 Å². The number of rotatable bonds is 2. The van der Waals surface area contributed by atoms with Gasteiger partial charge in [-0.3, -0.25) is 0 Å². The fourth-order valence-electron chi connectivity index (χ4n) is 1.22. The number of hydrogen-bond donors (Lipinski definition) is 1.